The van der Waals surface area contributed by atoms with E-state index in [1.807, 2.05) is 6.92 Å². The smallest absolute Gasteiger partial charge is 0.211 e. The standard InChI is InChI=1S/C15H34N2O2S/c1-5-7-8-9-10-12-15(3)16-13-11-14-17(6-2)20(4,18)19/h15-16H,5-14H2,1-4H3. The first-order chi connectivity index (χ1) is 9.41. The lowest BCUT2D eigenvalue weighted by atomic mass is 10.1. The third-order valence-corrected chi connectivity index (χ3v) is 5.02. The fourth-order valence-corrected chi connectivity index (χ4v) is 3.25. The van der Waals surface area contributed by atoms with Gasteiger partial charge < -0.3 is 5.32 Å². The predicted molar refractivity (Wildman–Crippen MR) is 87.5 cm³/mol. The maximum Gasteiger partial charge on any atom is 0.211 e. The van der Waals surface area contributed by atoms with Gasteiger partial charge in [0.05, 0.1) is 6.26 Å². The van der Waals surface area contributed by atoms with Crippen molar-refractivity contribution in [3.8, 4) is 0 Å². The fraction of sp³-hybridized carbons (Fsp3) is 1.00. The van der Waals surface area contributed by atoms with E-state index in [2.05, 4.69) is 19.2 Å². The molecule has 0 spiro atoms. The second-order valence-electron chi connectivity index (χ2n) is 5.67. The Balaban J connectivity index is 3.58. The van der Waals surface area contributed by atoms with Gasteiger partial charge in [-0.25, -0.2) is 12.7 Å². The first-order valence-electron chi connectivity index (χ1n) is 8.10. The maximum atomic E-state index is 11.4. The Bertz CT molecular complexity index is 318. The SMILES string of the molecule is CCCCCCCC(C)NCCCN(CC)S(C)(=O)=O. The Morgan fingerprint density at radius 3 is 2.25 bits per heavy atom. The molecule has 0 aliphatic carbocycles. The summed E-state index contributed by atoms with van der Waals surface area (Å²) in [5.74, 6) is 0. The zero-order valence-corrected chi connectivity index (χ0v) is 14.6. The average Bonchev–Trinajstić information content (AvgIpc) is 2.37. The summed E-state index contributed by atoms with van der Waals surface area (Å²) in [7, 11) is -3.03. The van der Waals surface area contributed by atoms with Gasteiger partial charge in [-0.1, -0.05) is 46.0 Å². The third-order valence-electron chi connectivity index (χ3n) is 3.64. The van der Waals surface area contributed by atoms with Gasteiger partial charge in [-0.05, 0) is 26.3 Å². The summed E-state index contributed by atoms with van der Waals surface area (Å²) in [6.07, 6.45) is 9.98. The topological polar surface area (TPSA) is 49.4 Å². The van der Waals surface area contributed by atoms with Gasteiger partial charge in [0.2, 0.25) is 10.0 Å². The molecule has 0 saturated carbocycles. The minimum Gasteiger partial charge on any atom is -0.314 e. The van der Waals surface area contributed by atoms with Gasteiger partial charge in [0.1, 0.15) is 0 Å². The van der Waals surface area contributed by atoms with Crippen LogP contribution in [-0.4, -0.2) is 44.7 Å². The first-order valence-corrected chi connectivity index (χ1v) is 9.95. The maximum absolute atomic E-state index is 11.4. The number of nitrogens with zero attached hydrogens (tertiary/aromatic N) is 1. The van der Waals surface area contributed by atoms with Crippen LogP contribution in [0.4, 0.5) is 0 Å². The van der Waals surface area contributed by atoms with E-state index in [0.29, 0.717) is 19.1 Å². The van der Waals surface area contributed by atoms with Crippen molar-refractivity contribution in [1.82, 2.24) is 9.62 Å². The van der Waals surface area contributed by atoms with Crippen LogP contribution in [0.25, 0.3) is 0 Å². The molecule has 0 amide bonds. The average molecular weight is 307 g/mol. The molecular formula is C15H34N2O2S. The van der Waals surface area contributed by atoms with E-state index in [9.17, 15) is 8.42 Å². The van der Waals surface area contributed by atoms with Gasteiger partial charge in [-0.15, -0.1) is 0 Å². The monoisotopic (exact) mass is 306 g/mol. The molecule has 1 unspecified atom stereocenters. The molecule has 122 valence electrons. The van der Waals surface area contributed by atoms with Crippen LogP contribution in [0.5, 0.6) is 0 Å². The van der Waals surface area contributed by atoms with E-state index in [1.165, 1.54) is 49.1 Å². The number of nitrogens with one attached hydrogen (secondary N) is 1. The van der Waals surface area contributed by atoms with Crippen molar-refractivity contribution in [1.29, 1.82) is 0 Å². The van der Waals surface area contributed by atoms with Gasteiger partial charge in [0.25, 0.3) is 0 Å². The molecule has 0 rings (SSSR count). The van der Waals surface area contributed by atoms with E-state index >= 15 is 0 Å². The molecule has 0 aromatic carbocycles. The van der Waals surface area contributed by atoms with Crippen LogP contribution in [0, 0.1) is 0 Å². The summed E-state index contributed by atoms with van der Waals surface area (Å²) in [5.41, 5.74) is 0. The second-order valence-corrected chi connectivity index (χ2v) is 7.65. The second kappa shape index (κ2) is 11.5. The van der Waals surface area contributed by atoms with Crippen LogP contribution in [-0.2, 0) is 10.0 Å². The summed E-state index contributed by atoms with van der Waals surface area (Å²) in [4.78, 5) is 0. The number of rotatable bonds is 13. The van der Waals surface area contributed by atoms with Crippen molar-refractivity contribution >= 4 is 10.0 Å². The molecule has 0 fully saturated rings. The van der Waals surface area contributed by atoms with E-state index in [4.69, 9.17) is 0 Å². The van der Waals surface area contributed by atoms with Crippen LogP contribution >= 0.6 is 0 Å². The highest BCUT2D eigenvalue weighted by atomic mass is 32.2. The van der Waals surface area contributed by atoms with Crippen LogP contribution in [0.3, 0.4) is 0 Å². The number of sulfonamides is 1. The fourth-order valence-electron chi connectivity index (χ4n) is 2.32. The molecule has 5 heteroatoms. The number of unbranched alkanes of at least 4 members (excludes halogenated alkanes) is 4. The lowest BCUT2D eigenvalue weighted by molar-refractivity contribution is 0.406. The lowest BCUT2D eigenvalue weighted by Gasteiger charge is -2.19. The highest BCUT2D eigenvalue weighted by Crippen LogP contribution is 2.07. The van der Waals surface area contributed by atoms with Crippen molar-refractivity contribution in [2.75, 3.05) is 25.9 Å². The quantitative estimate of drug-likeness (QED) is 0.532. The molecule has 4 nitrogen and oxygen atoms in total. The van der Waals surface area contributed by atoms with Crippen LogP contribution in [0.15, 0.2) is 0 Å². The molecule has 1 atom stereocenters. The molecule has 1 N–H and O–H groups in total. The summed E-state index contributed by atoms with van der Waals surface area (Å²) >= 11 is 0. The van der Waals surface area contributed by atoms with Gasteiger partial charge in [0.15, 0.2) is 0 Å². The predicted octanol–water partition coefficient (Wildman–Crippen LogP) is 3.00. The highest BCUT2D eigenvalue weighted by molar-refractivity contribution is 7.88. The van der Waals surface area contributed by atoms with Crippen molar-refractivity contribution in [3.05, 3.63) is 0 Å². The molecule has 0 aromatic rings. The minimum atomic E-state index is -3.03. The summed E-state index contributed by atoms with van der Waals surface area (Å²) in [6, 6.07) is 0.532. The van der Waals surface area contributed by atoms with Gasteiger partial charge in [-0.3, -0.25) is 0 Å². The number of hydrogen-bond acceptors (Lipinski definition) is 3. The van der Waals surface area contributed by atoms with Crippen molar-refractivity contribution in [2.24, 2.45) is 0 Å². The lowest BCUT2D eigenvalue weighted by Crippen LogP contribution is -2.34. The molecule has 0 heterocycles. The summed E-state index contributed by atoms with van der Waals surface area (Å²) in [6.45, 7) is 8.40. The molecule has 0 radical (unpaired) electrons. The van der Waals surface area contributed by atoms with E-state index in [0.717, 1.165) is 13.0 Å². The number of hydrogen-bond donors (Lipinski definition) is 1. The molecular weight excluding hydrogens is 272 g/mol. The van der Waals surface area contributed by atoms with Crippen molar-refractivity contribution < 1.29 is 8.42 Å². The zero-order valence-electron chi connectivity index (χ0n) is 13.8. The Morgan fingerprint density at radius 1 is 1.05 bits per heavy atom. The zero-order chi connectivity index (χ0) is 15.4. The van der Waals surface area contributed by atoms with Crippen LogP contribution in [0.2, 0.25) is 0 Å². The third kappa shape index (κ3) is 10.6. The van der Waals surface area contributed by atoms with E-state index in [-0.39, 0.29) is 0 Å². The van der Waals surface area contributed by atoms with E-state index < -0.39 is 10.0 Å². The summed E-state index contributed by atoms with van der Waals surface area (Å²) < 4.78 is 24.4. The van der Waals surface area contributed by atoms with Gasteiger partial charge in [-0.2, -0.15) is 0 Å². The minimum absolute atomic E-state index is 0.532. The summed E-state index contributed by atoms with van der Waals surface area (Å²) in [5, 5.41) is 3.48. The largest absolute Gasteiger partial charge is 0.314 e. The Hall–Kier alpha value is -0.130. The first kappa shape index (κ1) is 19.9. The molecule has 0 aliphatic heterocycles. The van der Waals surface area contributed by atoms with Gasteiger partial charge in [0, 0.05) is 19.1 Å². The van der Waals surface area contributed by atoms with Gasteiger partial charge >= 0.3 is 0 Å². The Morgan fingerprint density at radius 2 is 1.70 bits per heavy atom. The molecule has 0 aromatic heterocycles. The van der Waals surface area contributed by atoms with Crippen LogP contribution in [0.1, 0.15) is 65.7 Å². The molecule has 0 saturated heterocycles. The molecule has 0 aliphatic rings. The Kier molecular flexibility index (Phi) is 11.4. The van der Waals surface area contributed by atoms with Crippen molar-refractivity contribution in [3.63, 3.8) is 0 Å². The molecule has 20 heavy (non-hydrogen) atoms. The van der Waals surface area contributed by atoms with Crippen LogP contribution < -0.4 is 5.32 Å². The van der Waals surface area contributed by atoms with Crippen molar-refractivity contribution in [2.45, 2.75) is 71.8 Å². The highest BCUT2D eigenvalue weighted by Gasteiger charge is 2.13. The normalized spacial score (nSPS) is 13.8. The van der Waals surface area contributed by atoms with E-state index in [1.54, 1.807) is 0 Å². The molecule has 0 bridgehead atoms. The Labute approximate surface area is 126 Å².